The van der Waals surface area contributed by atoms with Crippen LogP contribution in [-0.4, -0.2) is 5.75 Å². The lowest BCUT2D eigenvalue weighted by Gasteiger charge is -2.27. The number of fused-ring (bicyclic) bond motifs is 1. The normalized spacial score (nSPS) is 17.1. The number of anilines is 1. The Kier molecular flexibility index (Phi) is 4.00. The molecular formula is C16H13BrN2S. The van der Waals surface area contributed by atoms with E-state index in [0.29, 0.717) is 5.56 Å². The summed E-state index contributed by atoms with van der Waals surface area (Å²) in [5, 5.41) is 12.7. The van der Waals surface area contributed by atoms with Crippen LogP contribution >= 0.6 is 27.7 Å². The number of hydrogen-bond acceptors (Lipinski definition) is 3. The first-order chi connectivity index (χ1) is 9.78. The molecule has 2 aromatic rings. The predicted octanol–water partition coefficient (Wildman–Crippen LogP) is 4.72. The lowest BCUT2D eigenvalue weighted by atomic mass is 10.0. The number of nitriles is 1. The largest absolute Gasteiger partial charge is 0.376 e. The Bertz CT molecular complexity index is 678. The Morgan fingerprint density at radius 2 is 2.10 bits per heavy atom. The molecule has 0 fully saturated rings. The third-order valence-electron chi connectivity index (χ3n) is 3.40. The Morgan fingerprint density at radius 1 is 1.25 bits per heavy atom. The van der Waals surface area contributed by atoms with Gasteiger partial charge in [0.25, 0.3) is 0 Å². The fraction of sp³-hybridized carbons (Fsp3) is 0.188. The average Bonchev–Trinajstić information content (AvgIpc) is 2.48. The number of benzene rings is 2. The van der Waals surface area contributed by atoms with Crippen LogP contribution in [0.1, 0.15) is 22.7 Å². The lowest BCUT2D eigenvalue weighted by molar-refractivity contribution is 0.870. The number of nitrogens with one attached hydrogen (secondary N) is 1. The van der Waals surface area contributed by atoms with E-state index in [1.165, 1.54) is 11.1 Å². The molecule has 0 aromatic heterocycles. The Hall–Kier alpha value is -1.44. The fourth-order valence-corrected chi connectivity index (χ4v) is 3.88. The molecule has 0 radical (unpaired) electrons. The predicted molar refractivity (Wildman–Crippen MR) is 87.8 cm³/mol. The molecule has 1 atom stereocenters. The molecule has 100 valence electrons. The standard InChI is InChI=1S/C16H13BrN2S/c17-13-6-5-11(8-18)15(7-13)19-16-10-20-9-12-3-1-2-4-14(12)16/h1-7,16,19H,9-10H2. The minimum Gasteiger partial charge on any atom is -0.376 e. The SMILES string of the molecule is N#Cc1ccc(Br)cc1NC1CSCc2ccccc21. The van der Waals surface area contributed by atoms with Gasteiger partial charge in [-0.2, -0.15) is 17.0 Å². The molecule has 2 nitrogen and oxygen atoms in total. The van der Waals surface area contributed by atoms with Gasteiger partial charge in [0.15, 0.2) is 0 Å². The first kappa shape index (κ1) is 13.5. The van der Waals surface area contributed by atoms with Gasteiger partial charge in [-0.3, -0.25) is 0 Å². The maximum absolute atomic E-state index is 9.22. The Morgan fingerprint density at radius 3 is 2.95 bits per heavy atom. The van der Waals surface area contributed by atoms with Gasteiger partial charge in [-0.15, -0.1) is 0 Å². The molecule has 3 rings (SSSR count). The van der Waals surface area contributed by atoms with Crippen LogP contribution in [0.3, 0.4) is 0 Å². The van der Waals surface area contributed by atoms with Crippen LogP contribution in [-0.2, 0) is 5.75 Å². The van der Waals surface area contributed by atoms with E-state index in [9.17, 15) is 5.26 Å². The molecule has 1 aliphatic heterocycles. The fourth-order valence-electron chi connectivity index (χ4n) is 2.42. The highest BCUT2D eigenvalue weighted by molar-refractivity contribution is 9.10. The summed E-state index contributed by atoms with van der Waals surface area (Å²) in [4.78, 5) is 0. The number of rotatable bonds is 2. The molecule has 1 N–H and O–H groups in total. The molecule has 20 heavy (non-hydrogen) atoms. The summed E-state index contributed by atoms with van der Waals surface area (Å²) in [5.74, 6) is 2.09. The van der Waals surface area contributed by atoms with Crippen molar-refractivity contribution in [2.75, 3.05) is 11.1 Å². The third kappa shape index (κ3) is 2.70. The average molecular weight is 345 g/mol. The van der Waals surface area contributed by atoms with Crippen LogP contribution in [0, 0.1) is 11.3 Å². The van der Waals surface area contributed by atoms with Crippen LogP contribution in [0.15, 0.2) is 46.9 Å². The van der Waals surface area contributed by atoms with Crippen molar-refractivity contribution in [2.24, 2.45) is 0 Å². The minimum absolute atomic E-state index is 0.256. The zero-order chi connectivity index (χ0) is 13.9. The zero-order valence-electron chi connectivity index (χ0n) is 10.8. The van der Waals surface area contributed by atoms with Gasteiger partial charge in [-0.25, -0.2) is 0 Å². The van der Waals surface area contributed by atoms with Crippen LogP contribution < -0.4 is 5.32 Å². The number of halogens is 1. The molecule has 0 saturated carbocycles. The highest BCUT2D eigenvalue weighted by Gasteiger charge is 2.20. The zero-order valence-corrected chi connectivity index (χ0v) is 13.2. The van der Waals surface area contributed by atoms with Gasteiger partial charge >= 0.3 is 0 Å². The molecule has 0 spiro atoms. The van der Waals surface area contributed by atoms with E-state index < -0.39 is 0 Å². The first-order valence-corrected chi connectivity index (χ1v) is 8.34. The smallest absolute Gasteiger partial charge is 0.101 e. The van der Waals surface area contributed by atoms with Gasteiger partial charge in [0, 0.05) is 16.0 Å². The molecule has 0 saturated heterocycles. The van der Waals surface area contributed by atoms with E-state index in [-0.39, 0.29) is 6.04 Å². The van der Waals surface area contributed by atoms with E-state index in [1.807, 2.05) is 30.0 Å². The van der Waals surface area contributed by atoms with Crippen molar-refractivity contribution in [1.82, 2.24) is 0 Å². The summed E-state index contributed by atoms with van der Waals surface area (Å²) in [6, 6.07) is 16.7. The topological polar surface area (TPSA) is 35.8 Å². The molecule has 0 aliphatic carbocycles. The Balaban J connectivity index is 1.93. The van der Waals surface area contributed by atoms with Crippen molar-refractivity contribution in [1.29, 1.82) is 5.26 Å². The maximum atomic E-state index is 9.22. The maximum Gasteiger partial charge on any atom is 0.101 e. The molecule has 4 heteroatoms. The van der Waals surface area contributed by atoms with Crippen LogP contribution in [0.25, 0.3) is 0 Å². The Labute approximate surface area is 131 Å². The van der Waals surface area contributed by atoms with Crippen molar-refractivity contribution < 1.29 is 0 Å². The van der Waals surface area contributed by atoms with Crippen molar-refractivity contribution in [3.05, 3.63) is 63.6 Å². The number of hydrogen-bond donors (Lipinski definition) is 1. The molecule has 0 amide bonds. The van der Waals surface area contributed by atoms with E-state index in [1.54, 1.807) is 0 Å². The molecule has 2 aromatic carbocycles. The molecule has 1 heterocycles. The van der Waals surface area contributed by atoms with Gasteiger partial charge in [0.2, 0.25) is 0 Å². The number of thioether (sulfide) groups is 1. The highest BCUT2D eigenvalue weighted by atomic mass is 79.9. The van der Waals surface area contributed by atoms with Crippen LogP contribution in [0.5, 0.6) is 0 Å². The first-order valence-electron chi connectivity index (χ1n) is 6.39. The van der Waals surface area contributed by atoms with Gasteiger partial charge in [0.05, 0.1) is 17.3 Å². The molecule has 0 bridgehead atoms. The highest BCUT2D eigenvalue weighted by Crippen LogP contribution is 2.35. The summed E-state index contributed by atoms with van der Waals surface area (Å²) < 4.78 is 0.982. The van der Waals surface area contributed by atoms with Crippen LogP contribution in [0.2, 0.25) is 0 Å². The van der Waals surface area contributed by atoms with E-state index in [2.05, 4.69) is 51.6 Å². The second-order valence-electron chi connectivity index (χ2n) is 4.71. The van der Waals surface area contributed by atoms with Gasteiger partial charge in [0.1, 0.15) is 6.07 Å². The van der Waals surface area contributed by atoms with Crippen LogP contribution in [0.4, 0.5) is 5.69 Å². The lowest BCUT2D eigenvalue weighted by Crippen LogP contribution is -2.19. The monoisotopic (exact) mass is 344 g/mol. The van der Waals surface area contributed by atoms with Crippen molar-refractivity contribution >= 4 is 33.4 Å². The molecular weight excluding hydrogens is 332 g/mol. The van der Waals surface area contributed by atoms with Gasteiger partial charge in [-0.05, 0) is 29.3 Å². The van der Waals surface area contributed by atoms with E-state index in [0.717, 1.165) is 21.7 Å². The quantitative estimate of drug-likeness (QED) is 0.855. The summed E-state index contributed by atoms with van der Waals surface area (Å²) in [6.45, 7) is 0. The molecule has 1 unspecified atom stereocenters. The van der Waals surface area contributed by atoms with E-state index in [4.69, 9.17) is 0 Å². The van der Waals surface area contributed by atoms with Crippen molar-refractivity contribution in [3.63, 3.8) is 0 Å². The third-order valence-corrected chi connectivity index (χ3v) is 4.98. The van der Waals surface area contributed by atoms with Crippen molar-refractivity contribution in [3.8, 4) is 6.07 Å². The molecule has 1 aliphatic rings. The summed E-state index contributed by atoms with van der Waals surface area (Å²) in [5.41, 5.74) is 4.30. The summed E-state index contributed by atoms with van der Waals surface area (Å²) in [7, 11) is 0. The second-order valence-corrected chi connectivity index (χ2v) is 6.66. The summed E-state index contributed by atoms with van der Waals surface area (Å²) in [6.07, 6.45) is 0. The van der Waals surface area contributed by atoms with Crippen molar-refractivity contribution in [2.45, 2.75) is 11.8 Å². The van der Waals surface area contributed by atoms with Gasteiger partial charge < -0.3 is 5.32 Å². The van der Waals surface area contributed by atoms with E-state index >= 15 is 0 Å². The number of nitrogens with zero attached hydrogens (tertiary/aromatic N) is 1. The summed E-state index contributed by atoms with van der Waals surface area (Å²) >= 11 is 5.39. The minimum atomic E-state index is 0.256. The van der Waals surface area contributed by atoms with Gasteiger partial charge in [-0.1, -0.05) is 40.2 Å². The second kappa shape index (κ2) is 5.90.